The van der Waals surface area contributed by atoms with Gasteiger partial charge in [-0.25, -0.2) is 14.4 Å². The Morgan fingerprint density at radius 2 is 1.72 bits per heavy atom. The molecule has 1 atom stereocenters. The summed E-state index contributed by atoms with van der Waals surface area (Å²) in [5, 5.41) is 0. The van der Waals surface area contributed by atoms with Crippen LogP contribution in [0.25, 0.3) is 11.3 Å². The van der Waals surface area contributed by atoms with Crippen LogP contribution >= 0.6 is 0 Å². The van der Waals surface area contributed by atoms with Crippen molar-refractivity contribution in [3.8, 4) is 11.3 Å². The highest BCUT2D eigenvalue weighted by Gasteiger charge is 2.27. The number of nitrogens with zero attached hydrogens (tertiary/aromatic N) is 5. The molecule has 1 saturated heterocycles. The fourth-order valence-electron chi connectivity index (χ4n) is 3.34. The maximum absolute atomic E-state index is 14.3. The van der Waals surface area contributed by atoms with Gasteiger partial charge in [-0.15, -0.1) is 0 Å². The van der Waals surface area contributed by atoms with E-state index >= 15 is 0 Å². The van der Waals surface area contributed by atoms with E-state index in [1.54, 1.807) is 36.9 Å². The van der Waals surface area contributed by atoms with E-state index in [-0.39, 0.29) is 11.7 Å². The smallest absolute Gasteiger partial charge is 0.225 e. The van der Waals surface area contributed by atoms with Crippen LogP contribution in [-0.4, -0.2) is 33.0 Å². The van der Waals surface area contributed by atoms with Gasteiger partial charge in [0, 0.05) is 49.4 Å². The Morgan fingerprint density at radius 3 is 2.56 bits per heavy atom. The second-order valence-corrected chi connectivity index (χ2v) is 6.10. The van der Waals surface area contributed by atoms with E-state index < -0.39 is 0 Å². The van der Waals surface area contributed by atoms with E-state index in [1.165, 1.54) is 6.07 Å². The summed E-state index contributed by atoms with van der Waals surface area (Å²) >= 11 is 0. The van der Waals surface area contributed by atoms with E-state index in [4.69, 9.17) is 0 Å². The van der Waals surface area contributed by atoms with E-state index in [9.17, 15) is 4.39 Å². The summed E-state index contributed by atoms with van der Waals surface area (Å²) in [6.45, 7) is 1.67. The van der Waals surface area contributed by atoms with Gasteiger partial charge in [0.05, 0.1) is 11.4 Å². The van der Waals surface area contributed by atoms with Gasteiger partial charge >= 0.3 is 0 Å². The van der Waals surface area contributed by atoms with Gasteiger partial charge in [0.1, 0.15) is 5.82 Å². The number of rotatable bonds is 3. The van der Waals surface area contributed by atoms with Crippen LogP contribution in [-0.2, 0) is 0 Å². The lowest BCUT2D eigenvalue weighted by atomic mass is 9.91. The molecule has 5 nitrogen and oxygen atoms in total. The fraction of sp³-hybridized carbons (Fsp3) is 0.263. The Balaban J connectivity index is 1.67. The van der Waals surface area contributed by atoms with Crippen LogP contribution in [0.3, 0.4) is 0 Å². The molecule has 3 aromatic rings. The number of hydrogen-bond donors (Lipinski definition) is 0. The fourth-order valence-corrected chi connectivity index (χ4v) is 3.34. The molecule has 0 saturated carbocycles. The van der Waals surface area contributed by atoms with Crippen LogP contribution in [0.15, 0.2) is 55.1 Å². The minimum Gasteiger partial charge on any atom is -0.340 e. The third-order valence-corrected chi connectivity index (χ3v) is 4.50. The number of hydrogen-bond acceptors (Lipinski definition) is 5. The summed E-state index contributed by atoms with van der Waals surface area (Å²) in [6.07, 6.45) is 8.79. The van der Waals surface area contributed by atoms with E-state index in [1.807, 2.05) is 12.1 Å². The van der Waals surface area contributed by atoms with Crippen LogP contribution in [0.1, 0.15) is 24.5 Å². The molecule has 0 spiro atoms. The Hall–Kier alpha value is -2.89. The molecule has 0 bridgehead atoms. The summed E-state index contributed by atoms with van der Waals surface area (Å²) in [5.41, 5.74) is 1.97. The van der Waals surface area contributed by atoms with Crippen molar-refractivity contribution in [3.63, 3.8) is 0 Å². The zero-order valence-corrected chi connectivity index (χ0v) is 13.7. The molecule has 126 valence electrons. The van der Waals surface area contributed by atoms with Crippen molar-refractivity contribution < 1.29 is 4.39 Å². The maximum atomic E-state index is 14.3. The zero-order valence-electron chi connectivity index (χ0n) is 13.7. The molecule has 1 aliphatic rings. The van der Waals surface area contributed by atoms with Gasteiger partial charge in [-0.3, -0.25) is 9.97 Å². The summed E-state index contributed by atoms with van der Waals surface area (Å²) in [6, 6.07) is 8.53. The van der Waals surface area contributed by atoms with Crippen LogP contribution < -0.4 is 4.90 Å². The third-order valence-electron chi connectivity index (χ3n) is 4.50. The van der Waals surface area contributed by atoms with Gasteiger partial charge in [-0.05, 0) is 31.0 Å². The quantitative estimate of drug-likeness (QED) is 0.734. The molecule has 1 fully saturated rings. The van der Waals surface area contributed by atoms with Crippen molar-refractivity contribution >= 4 is 5.95 Å². The molecule has 2 aromatic heterocycles. The monoisotopic (exact) mass is 335 g/mol. The van der Waals surface area contributed by atoms with Crippen molar-refractivity contribution in [2.45, 2.75) is 18.8 Å². The lowest BCUT2D eigenvalue weighted by Gasteiger charge is -2.32. The Labute approximate surface area is 145 Å². The van der Waals surface area contributed by atoms with Gasteiger partial charge in [0.25, 0.3) is 0 Å². The first-order valence-corrected chi connectivity index (χ1v) is 8.40. The summed E-state index contributed by atoms with van der Waals surface area (Å²) in [4.78, 5) is 19.8. The highest BCUT2D eigenvalue weighted by atomic mass is 19.1. The van der Waals surface area contributed by atoms with Gasteiger partial charge in [0.15, 0.2) is 0 Å². The molecule has 0 amide bonds. The van der Waals surface area contributed by atoms with Crippen LogP contribution in [0.5, 0.6) is 0 Å². The first-order valence-electron chi connectivity index (χ1n) is 8.40. The number of piperidine rings is 1. The molecular weight excluding hydrogens is 317 g/mol. The first-order chi connectivity index (χ1) is 12.3. The number of halogens is 1. The molecule has 4 rings (SSSR count). The normalized spacial score (nSPS) is 17.5. The minimum atomic E-state index is -0.275. The van der Waals surface area contributed by atoms with Crippen molar-refractivity contribution in [2.24, 2.45) is 0 Å². The van der Waals surface area contributed by atoms with Crippen LogP contribution in [0.4, 0.5) is 10.3 Å². The average molecular weight is 335 g/mol. The molecule has 3 heterocycles. The molecule has 1 aromatic carbocycles. The van der Waals surface area contributed by atoms with Gasteiger partial charge in [0.2, 0.25) is 5.95 Å². The van der Waals surface area contributed by atoms with Crippen LogP contribution in [0.2, 0.25) is 0 Å². The van der Waals surface area contributed by atoms with E-state index in [0.717, 1.165) is 37.6 Å². The molecule has 25 heavy (non-hydrogen) atoms. The third kappa shape index (κ3) is 3.20. The summed E-state index contributed by atoms with van der Waals surface area (Å²) < 4.78 is 14.3. The second kappa shape index (κ2) is 6.93. The Morgan fingerprint density at radius 1 is 0.920 bits per heavy atom. The lowest BCUT2D eigenvalue weighted by molar-refractivity contribution is 0.494. The van der Waals surface area contributed by atoms with Crippen molar-refractivity contribution in [3.05, 3.63) is 66.6 Å². The highest BCUT2D eigenvalue weighted by molar-refractivity contribution is 5.63. The number of anilines is 1. The molecule has 0 N–H and O–H groups in total. The van der Waals surface area contributed by atoms with Gasteiger partial charge in [-0.2, -0.15) is 0 Å². The lowest BCUT2D eigenvalue weighted by Crippen LogP contribution is -2.36. The molecule has 6 heteroatoms. The Bertz CT molecular complexity index is 855. The van der Waals surface area contributed by atoms with Crippen molar-refractivity contribution in [2.75, 3.05) is 18.0 Å². The molecule has 1 aliphatic heterocycles. The average Bonchev–Trinajstić information content (AvgIpc) is 2.69. The maximum Gasteiger partial charge on any atom is 0.225 e. The molecule has 0 unspecified atom stereocenters. The predicted molar refractivity (Wildman–Crippen MR) is 93.6 cm³/mol. The van der Waals surface area contributed by atoms with Gasteiger partial charge < -0.3 is 4.90 Å². The predicted octanol–water partition coefficient (Wildman–Crippen LogP) is 3.46. The Kier molecular flexibility index (Phi) is 4.33. The molecule has 0 radical (unpaired) electrons. The molecular formula is C19H18FN5. The summed E-state index contributed by atoms with van der Waals surface area (Å²) in [5.74, 6) is 0.618. The zero-order chi connectivity index (χ0) is 17.1. The minimum absolute atomic E-state index is 0.167. The largest absolute Gasteiger partial charge is 0.340 e. The number of aromatic nitrogens is 4. The SMILES string of the molecule is Fc1ccccc1-c1nccnc1[C@@H]1CCCN(c2ncccn2)C1. The van der Waals surface area contributed by atoms with E-state index in [2.05, 4.69) is 24.8 Å². The second-order valence-electron chi connectivity index (χ2n) is 6.10. The highest BCUT2D eigenvalue weighted by Crippen LogP contribution is 2.33. The van der Waals surface area contributed by atoms with E-state index in [0.29, 0.717) is 11.3 Å². The number of benzene rings is 1. The van der Waals surface area contributed by atoms with Crippen LogP contribution in [0, 0.1) is 5.82 Å². The van der Waals surface area contributed by atoms with Gasteiger partial charge in [-0.1, -0.05) is 12.1 Å². The summed E-state index contributed by atoms with van der Waals surface area (Å²) in [7, 11) is 0. The standard InChI is InChI=1S/C19H18FN5/c20-16-7-2-1-6-15(16)18-17(21-10-11-22-18)14-5-3-12-25(13-14)19-23-8-4-9-24-19/h1-2,4,6-11,14H,3,5,12-13H2/t14-/m1/s1. The topological polar surface area (TPSA) is 54.8 Å². The van der Waals surface area contributed by atoms with Crippen molar-refractivity contribution in [1.29, 1.82) is 0 Å². The first kappa shape index (κ1) is 15.6. The molecule has 0 aliphatic carbocycles. The van der Waals surface area contributed by atoms with Crippen molar-refractivity contribution in [1.82, 2.24) is 19.9 Å².